The van der Waals surface area contributed by atoms with Crippen LogP contribution in [0.3, 0.4) is 0 Å². The molecule has 0 fully saturated rings. The largest absolute Gasteiger partial charge is 0.459 e. The van der Waals surface area contributed by atoms with Gasteiger partial charge in [0.15, 0.2) is 11.7 Å². The molecule has 1 unspecified atom stereocenters. The third kappa shape index (κ3) is 8.60. The van der Waals surface area contributed by atoms with Crippen molar-refractivity contribution in [3.8, 4) is 0 Å². The first-order valence-corrected chi connectivity index (χ1v) is 8.89. The van der Waals surface area contributed by atoms with E-state index in [0.29, 0.717) is 24.9 Å². The molecule has 0 radical (unpaired) electrons. The summed E-state index contributed by atoms with van der Waals surface area (Å²) in [6.45, 7) is 10.5. The van der Waals surface area contributed by atoms with Gasteiger partial charge in [0.05, 0.1) is 12.8 Å². The Labute approximate surface area is 145 Å². The summed E-state index contributed by atoms with van der Waals surface area (Å²) < 4.78 is 5.05. The van der Waals surface area contributed by atoms with Crippen molar-refractivity contribution in [1.82, 2.24) is 16.0 Å². The average molecular weight is 336 g/mol. The van der Waals surface area contributed by atoms with E-state index in [0.717, 1.165) is 24.8 Å². The molecule has 1 rings (SSSR count). The van der Waals surface area contributed by atoms with E-state index >= 15 is 0 Å². The Hall–Kier alpha value is -1.98. The predicted molar refractivity (Wildman–Crippen MR) is 98.3 cm³/mol. The summed E-state index contributed by atoms with van der Waals surface area (Å²) in [7, 11) is 0. The fourth-order valence-electron chi connectivity index (χ4n) is 2.29. The molecule has 1 amide bonds. The zero-order valence-electron chi connectivity index (χ0n) is 15.4. The third-order valence-corrected chi connectivity index (χ3v) is 3.56. The molecule has 0 saturated carbocycles. The molecule has 0 aliphatic carbocycles. The zero-order valence-corrected chi connectivity index (χ0v) is 15.4. The molecule has 6 nitrogen and oxygen atoms in total. The quantitative estimate of drug-likeness (QED) is 0.349. The van der Waals surface area contributed by atoms with Gasteiger partial charge in [-0.15, -0.1) is 0 Å². The lowest BCUT2D eigenvalue weighted by atomic mass is 10.0. The van der Waals surface area contributed by atoms with Crippen LogP contribution in [0.5, 0.6) is 0 Å². The summed E-state index contributed by atoms with van der Waals surface area (Å²) in [5.41, 5.74) is 0. The summed E-state index contributed by atoms with van der Waals surface area (Å²) in [4.78, 5) is 16.2. The van der Waals surface area contributed by atoms with Crippen LogP contribution in [0.2, 0.25) is 0 Å². The maximum absolute atomic E-state index is 11.7. The van der Waals surface area contributed by atoms with Crippen LogP contribution in [0.15, 0.2) is 27.8 Å². The predicted octanol–water partition coefficient (Wildman–Crippen LogP) is 2.78. The number of rotatable bonds is 10. The van der Waals surface area contributed by atoms with Crippen molar-refractivity contribution in [1.29, 1.82) is 0 Å². The summed E-state index contributed by atoms with van der Waals surface area (Å²) >= 11 is 0. The van der Waals surface area contributed by atoms with Crippen LogP contribution >= 0.6 is 0 Å². The van der Waals surface area contributed by atoms with Crippen molar-refractivity contribution in [3.63, 3.8) is 0 Å². The van der Waals surface area contributed by atoms with Crippen molar-refractivity contribution in [2.24, 2.45) is 10.9 Å². The van der Waals surface area contributed by atoms with E-state index in [9.17, 15) is 4.79 Å². The van der Waals surface area contributed by atoms with Gasteiger partial charge in [0.2, 0.25) is 0 Å². The number of aliphatic imine (C=N–C) groups is 1. The first-order valence-electron chi connectivity index (χ1n) is 8.89. The van der Waals surface area contributed by atoms with Crippen molar-refractivity contribution >= 4 is 11.9 Å². The van der Waals surface area contributed by atoms with Crippen LogP contribution in [0, 0.1) is 5.92 Å². The topological polar surface area (TPSA) is 78.7 Å². The minimum Gasteiger partial charge on any atom is -0.459 e. The second-order valence-electron chi connectivity index (χ2n) is 6.36. The smallest absolute Gasteiger partial charge is 0.287 e. The Balaban J connectivity index is 2.32. The molecule has 0 aromatic carbocycles. The summed E-state index contributed by atoms with van der Waals surface area (Å²) in [6.07, 6.45) is 5.07. The minimum atomic E-state index is -0.213. The Morgan fingerprint density at radius 1 is 1.25 bits per heavy atom. The maximum Gasteiger partial charge on any atom is 0.287 e. The van der Waals surface area contributed by atoms with Crippen molar-refractivity contribution < 1.29 is 9.21 Å². The van der Waals surface area contributed by atoms with Crippen LogP contribution in [0.1, 0.15) is 57.5 Å². The van der Waals surface area contributed by atoms with Crippen LogP contribution in [0.25, 0.3) is 0 Å². The van der Waals surface area contributed by atoms with Gasteiger partial charge >= 0.3 is 0 Å². The molecule has 0 aliphatic heterocycles. The SMILES string of the molecule is CCNC(=NCCNC(=O)c1ccco1)NC(C)CCCC(C)C. The van der Waals surface area contributed by atoms with Gasteiger partial charge in [-0.2, -0.15) is 0 Å². The number of amides is 1. The molecular weight excluding hydrogens is 304 g/mol. The van der Waals surface area contributed by atoms with E-state index in [2.05, 4.69) is 41.7 Å². The van der Waals surface area contributed by atoms with E-state index in [1.165, 1.54) is 19.1 Å². The fraction of sp³-hybridized carbons (Fsp3) is 0.667. The summed E-state index contributed by atoms with van der Waals surface area (Å²) in [5, 5.41) is 9.44. The molecule has 24 heavy (non-hydrogen) atoms. The number of guanidine groups is 1. The van der Waals surface area contributed by atoms with Crippen molar-refractivity contribution in [2.75, 3.05) is 19.6 Å². The number of carbonyl (C=O) groups excluding carboxylic acids is 1. The summed E-state index contributed by atoms with van der Waals surface area (Å²) in [5.74, 6) is 1.65. The molecule has 1 atom stereocenters. The maximum atomic E-state index is 11.7. The Morgan fingerprint density at radius 2 is 2.04 bits per heavy atom. The van der Waals surface area contributed by atoms with Gasteiger partial charge in [-0.1, -0.05) is 26.7 Å². The molecule has 1 aromatic rings. The molecule has 3 N–H and O–H groups in total. The van der Waals surface area contributed by atoms with Gasteiger partial charge < -0.3 is 20.4 Å². The fourth-order valence-corrected chi connectivity index (χ4v) is 2.29. The van der Waals surface area contributed by atoms with Crippen LogP contribution in [-0.4, -0.2) is 37.5 Å². The first-order chi connectivity index (χ1) is 11.5. The number of hydrogen-bond acceptors (Lipinski definition) is 3. The van der Waals surface area contributed by atoms with E-state index in [4.69, 9.17) is 4.42 Å². The highest BCUT2D eigenvalue weighted by molar-refractivity contribution is 5.91. The molecule has 1 aromatic heterocycles. The number of carbonyl (C=O) groups is 1. The van der Waals surface area contributed by atoms with Crippen molar-refractivity contribution in [2.45, 2.75) is 53.0 Å². The van der Waals surface area contributed by atoms with E-state index in [1.807, 2.05) is 6.92 Å². The molecule has 6 heteroatoms. The molecule has 136 valence electrons. The number of nitrogens with zero attached hydrogens (tertiary/aromatic N) is 1. The standard InChI is InChI=1S/C18H32N4O2/c1-5-19-18(22-15(4)9-6-8-14(2)3)21-12-11-20-17(23)16-10-7-13-24-16/h7,10,13-15H,5-6,8-9,11-12H2,1-4H3,(H,20,23)(H2,19,21,22). The van der Waals surface area contributed by atoms with Crippen LogP contribution < -0.4 is 16.0 Å². The molecular formula is C18H32N4O2. The molecule has 0 aliphatic rings. The lowest BCUT2D eigenvalue weighted by Gasteiger charge is -2.18. The Morgan fingerprint density at radius 3 is 2.67 bits per heavy atom. The van der Waals surface area contributed by atoms with E-state index < -0.39 is 0 Å². The Kier molecular flexibility index (Phi) is 9.65. The van der Waals surface area contributed by atoms with Gasteiger partial charge in [-0.25, -0.2) is 0 Å². The Bertz CT molecular complexity index is 483. The molecule has 1 heterocycles. The number of furan rings is 1. The summed E-state index contributed by atoms with van der Waals surface area (Å²) in [6, 6.07) is 3.71. The third-order valence-electron chi connectivity index (χ3n) is 3.56. The highest BCUT2D eigenvalue weighted by Gasteiger charge is 2.08. The second kappa shape index (κ2) is 11.5. The number of nitrogens with one attached hydrogen (secondary N) is 3. The molecule has 0 saturated heterocycles. The lowest BCUT2D eigenvalue weighted by molar-refractivity contribution is 0.0927. The monoisotopic (exact) mass is 336 g/mol. The highest BCUT2D eigenvalue weighted by atomic mass is 16.3. The minimum absolute atomic E-state index is 0.213. The number of hydrogen-bond donors (Lipinski definition) is 3. The zero-order chi connectivity index (χ0) is 17.8. The van der Waals surface area contributed by atoms with Crippen LogP contribution in [-0.2, 0) is 0 Å². The highest BCUT2D eigenvalue weighted by Crippen LogP contribution is 2.08. The van der Waals surface area contributed by atoms with E-state index in [1.54, 1.807) is 12.1 Å². The van der Waals surface area contributed by atoms with Gasteiger partial charge in [0.1, 0.15) is 0 Å². The van der Waals surface area contributed by atoms with Gasteiger partial charge in [0.25, 0.3) is 5.91 Å². The molecule has 0 bridgehead atoms. The molecule has 0 spiro atoms. The normalized spacial score (nSPS) is 13.0. The second-order valence-corrected chi connectivity index (χ2v) is 6.36. The average Bonchev–Trinajstić information content (AvgIpc) is 3.05. The van der Waals surface area contributed by atoms with Crippen molar-refractivity contribution in [3.05, 3.63) is 24.2 Å². The lowest BCUT2D eigenvalue weighted by Crippen LogP contribution is -2.42. The van der Waals surface area contributed by atoms with Gasteiger partial charge in [-0.05, 0) is 38.3 Å². The van der Waals surface area contributed by atoms with Gasteiger partial charge in [-0.3, -0.25) is 9.79 Å². The van der Waals surface area contributed by atoms with Gasteiger partial charge in [0, 0.05) is 19.1 Å². The first kappa shape index (κ1) is 20.1. The van der Waals surface area contributed by atoms with Crippen LogP contribution in [0.4, 0.5) is 0 Å². The van der Waals surface area contributed by atoms with E-state index in [-0.39, 0.29) is 5.91 Å².